The molecule has 1 aromatic carbocycles. The zero-order valence-electron chi connectivity index (χ0n) is 14.3. The molecular formula is C19H22N4S. The first-order valence-corrected chi connectivity index (χ1v) is 9.11. The predicted octanol–water partition coefficient (Wildman–Crippen LogP) is 4.96. The Labute approximate surface area is 147 Å². The first kappa shape index (κ1) is 16.6. The highest BCUT2D eigenvalue weighted by Gasteiger charge is 2.13. The molecule has 0 saturated carbocycles. The molecular weight excluding hydrogens is 316 g/mol. The van der Waals surface area contributed by atoms with Crippen LogP contribution in [0.25, 0.3) is 21.1 Å². The van der Waals surface area contributed by atoms with Crippen molar-refractivity contribution in [2.75, 3.05) is 12.4 Å². The Morgan fingerprint density at radius 2 is 1.88 bits per heavy atom. The molecule has 124 valence electrons. The molecule has 0 amide bonds. The van der Waals surface area contributed by atoms with E-state index in [1.165, 1.54) is 18.4 Å². The Bertz CT molecular complexity index is 808. The van der Waals surface area contributed by atoms with Gasteiger partial charge in [-0.15, -0.1) is 11.3 Å². The normalized spacial score (nSPS) is 10.8. The van der Waals surface area contributed by atoms with Gasteiger partial charge in [-0.2, -0.15) is 0 Å². The molecule has 2 aromatic heterocycles. The molecule has 3 aromatic rings. The highest BCUT2D eigenvalue weighted by Crippen LogP contribution is 2.34. The van der Waals surface area contributed by atoms with Gasteiger partial charge >= 0.3 is 0 Å². The van der Waals surface area contributed by atoms with Crippen LogP contribution >= 0.6 is 11.3 Å². The highest BCUT2D eigenvalue weighted by atomic mass is 32.1. The van der Waals surface area contributed by atoms with Crippen LogP contribution in [0.5, 0.6) is 0 Å². The van der Waals surface area contributed by atoms with E-state index in [9.17, 15) is 0 Å². The molecule has 0 unspecified atom stereocenters. The molecule has 24 heavy (non-hydrogen) atoms. The maximum atomic E-state index is 4.74. The molecule has 0 atom stereocenters. The van der Waals surface area contributed by atoms with Crippen LogP contribution in [0.3, 0.4) is 0 Å². The molecule has 1 N–H and O–H groups in total. The number of aromatic nitrogens is 3. The van der Waals surface area contributed by atoms with Crippen LogP contribution in [0.4, 0.5) is 5.95 Å². The topological polar surface area (TPSA) is 50.7 Å². The Hall–Kier alpha value is -2.27. The molecule has 0 bridgehead atoms. The van der Waals surface area contributed by atoms with Crippen LogP contribution in [0.2, 0.25) is 0 Å². The van der Waals surface area contributed by atoms with Gasteiger partial charge in [-0.1, -0.05) is 37.6 Å². The summed E-state index contributed by atoms with van der Waals surface area (Å²) >= 11 is 1.68. The fourth-order valence-electron chi connectivity index (χ4n) is 2.56. The Morgan fingerprint density at radius 3 is 2.58 bits per heavy atom. The van der Waals surface area contributed by atoms with Gasteiger partial charge in [0.2, 0.25) is 5.95 Å². The molecule has 2 heterocycles. The fourth-order valence-corrected chi connectivity index (χ4v) is 3.60. The second-order valence-electron chi connectivity index (χ2n) is 5.75. The van der Waals surface area contributed by atoms with Crippen molar-refractivity contribution in [2.45, 2.75) is 33.1 Å². The van der Waals surface area contributed by atoms with E-state index in [0.29, 0.717) is 5.95 Å². The van der Waals surface area contributed by atoms with Crippen molar-refractivity contribution in [3.63, 3.8) is 0 Å². The largest absolute Gasteiger partial charge is 0.357 e. The number of rotatable bonds is 6. The van der Waals surface area contributed by atoms with E-state index < -0.39 is 0 Å². The third kappa shape index (κ3) is 3.62. The van der Waals surface area contributed by atoms with Crippen LogP contribution in [-0.4, -0.2) is 22.0 Å². The van der Waals surface area contributed by atoms with Gasteiger partial charge in [-0.3, -0.25) is 0 Å². The minimum Gasteiger partial charge on any atom is -0.357 e. The number of unbranched alkanes of at least 4 members (excludes halogenated alkanes) is 1. The van der Waals surface area contributed by atoms with Crippen molar-refractivity contribution in [1.82, 2.24) is 15.0 Å². The average Bonchev–Trinajstić information content (AvgIpc) is 3.02. The number of hydrogen-bond acceptors (Lipinski definition) is 5. The SMILES string of the molecule is CCCCc1ccc(-c2nc(C)c(-c3ccnc(NC)n3)s2)cc1. The van der Waals surface area contributed by atoms with Gasteiger partial charge in [-0.05, 0) is 31.4 Å². The van der Waals surface area contributed by atoms with Crippen molar-refractivity contribution in [3.8, 4) is 21.1 Å². The number of nitrogens with one attached hydrogen (secondary N) is 1. The lowest BCUT2D eigenvalue weighted by Crippen LogP contribution is -1.96. The van der Waals surface area contributed by atoms with Crippen LogP contribution in [0.1, 0.15) is 31.0 Å². The van der Waals surface area contributed by atoms with Crippen molar-refractivity contribution >= 4 is 17.3 Å². The Morgan fingerprint density at radius 1 is 1.08 bits per heavy atom. The first-order valence-electron chi connectivity index (χ1n) is 8.29. The molecule has 0 saturated heterocycles. The van der Waals surface area contributed by atoms with Crippen LogP contribution < -0.4 is 5.32 Å². The number of aryl methyl sites for hydroxylation is 2. The lowest BCUT2D eigenvalue weighted by molar-refractivity contribution is 0.795. The number of nitrogens with zero attached hydrogens (tertiary/aromatic N) is 3. The van der Waals surface area contributed by atoms with Crippen LogP contribution in [-0.2, 0) is 6.42 Å². The van der Waals surface area contributed by atoms with Gasteiger partial charge in [0, 0.05) is 18.8 Å². The van der Waals surface area contributed by atoms with E-state index >= 15 is 0 Å². The van der Waals surface area contributed by atoms with E-state index in [2.05, 4.69) is 46.5 Å². The summed E-state index contributed by atoms with van der Waals surface area (Å²) in [5.41, 5.74) is 4.47. The number of anilines is 1. The summed E-state index contributed by atoms with van der Waals surface area (Å²) in [6.45, 7) is 4.26. The number of thiazole rings is 1. The smallest absolute Gasteiger partial charge is 0.222 e. The van der Waals surface area contributed by atoms with Gasteiger partial charge in [0.15, 0.2) is 0 Å². The monoisotopic (exact) mass is 338 g/mol. The van der Waals surface area contributed by atoms with Gasteiger partial charge in [0.05, 0.1) is 16.3 Å². The second-order valence-corrected chi connectivity index (χ2v) is 6.75. The number of hydrogen-bond donors (Lipinski definition) is 1. The van der Waals surface area contributed by atoms with E-state index in [4.69, 9.17) is 4.98 Å². The van der Waals surface area contributed by atoms with E-state index in [1.54, 1.807) is 17.5 Å². The highest BCUT2D eigenvalue weighted by molar-refractivity contribution is 7.18. The molecule has 0 fully saturated rings. The minimum atomic E-state index is 0.627. The van der Waals surface area contributed by atoms with Crippen molar-refractivity contribution in [3.05, 3.63) is 47.8 Å². The van der Waals surface area contributed by atoms with E-state index in [1.807, 2.05) is 20.0 Å². The van der Waals surface area contributed by atoms with Crippen LogP contribution in [0, 0.1) is 6.92 Å². The van der Waals surface area contributed by atoms with E-state index in [0.717, 1.165) is 33.3 Å². The lowest BCUT2D eigenvalue weighted by atomic mass is 10.1. The third-order valence-electron chi connectivity index (χ3n) is 3.93. The summed E-state index contributed by atoms with van der Waals surface area (Å²) in [5, 5.41) is 4.02. The molecule has 3 rings (SSSR count). The molecule has 0 aliphatic heterocycles. The van der Waals surface area contributed by atoms with Gasteiger partial charge < -0.3 is 5.32 Å². The summed E-state index contributed by atoms with van der Waals surface area (Å²) in [6.07, 6.45) is 5.38. The zero-order chi connectivity index (χ0) is 16.9. The Kier molecular flexibility index (Phi) is 5.20. The maximum absolute atomic E-state index is 4.74. The quantitative estimate of drug-likeness (QED) is 0.690. The molecule has 4 nitrogen and oxygen atoms in total. The minimum absolute atomic E-state index is 0.627. The first-order chi connectivity index (χ1) is 11.7. The van der Waals surface area contributed by atoms with Crippen molar-refractivity contribution in [2.24, 2.45) is 0 Å². The molecule has 0 aliphatic carbocycles. The van der Waals surface area contributed by atoms with Gasteiger partial charge in [0.1, 0.15) is 5.01 Å². The second kappa shape index (κ2) is 7.53. The van der Waals surface area contributed by atoms with Gasteiger partial charge in [-0.25, -0.2) is 15.0 Å². The molecule has 0 aliphatic rings. The molecule has 5 heteroatoms. The Balaban J connectivity index is 1.88. The summed E-state index contributed by atoms with van der Waals surface area (Å²) < 4.78 is 0. The van der Waals surface area contributed by atoms with Crippen LogP contribution in [0.15, 0.2) is 36.5 Å². The summed E-state index contributed by atoms with van der Waals surface area (Å²) in [5.74, 6) is 0.627. The summed E-state index contributed by atoms with van der Waals surface area (Å²) in [7, 11) is 1.82. The standard InChI is InChI=1S/C19H22N4S/c1-4-5-6-14-7-9-15(10-8-14)18-22-13(2)17(24-18)16-11-12-21-19(20-3)23-16/h7-12H,4-6H2,1-3H3,(H,20,21,23). The van der Waals surface area contributed by atoms with Gasteiger partial charge in [0.25, 0.3) is 0 Å². The molecule has 0 spiro atoms. The predicted molar refractivity (Wildman–Crippen MR) is 101 cm³/mol. The number of benzene rings is 1. The maximum Gasteiger partial charge on any atom is 0.222 e. The average molecular weight is 338 g/mol. The zero-order valence-corrected chi connectivity index (χ0v) is 15.2. The summed E-state index contributed by atoms with van der Waals surface area (Å²) in [4.78, 5) is 14.5. The van der Waals surface area contributed by atoms with E-state index in [-0.39, 0.29) is 0 Å². The third-order valence-corrected chi connectivity index (χ3v) is 5.16. The molecule has 0 radical (unpaired) electrons. The van der Waals surface area contributed by atoms with Crippen molar-refractivity contribution in [1.29, 1.82) is 0 Å². The lowest BCUT2D eigenvalue weighted by Gasteiger charge is -2.01. The fraction of sp³-hybridized carbons (Fsp3) is 0.316. The summed E-state index contributed by atoms with van der Waals surface area (Å²) in [6, 6.07) is 10.7. The van der Waals surface area contributed by atoms with Crippen molar-refractivity contribution < 1.29 is 0 Å².